The first-order valence-corrected chi connectivity index (χ1v) is 15.0. The molecule has 228 valence electrons. The number of ether oxygens (including phenoxy) is 1. The maximum Gasteiger partial charge on any atom is 0.255 e. The Morgan fingerprint density at radius 3 is 2.45 bits per heavy atom. The fourth-order valence-corrected chi connectivity index (χ4v) is 5.55. The molecule has 0 spiro atoms. The van der Waals surface area contributed by atoms with Gasteiger partial charge < -0.3 is 20.1 Å². The number of aliphatic hydroxyl groups excluding tert-OH is 1. The fourth-order valence-electron chi connectivity index (χ4n) is 5.55. The molecule has 0 fully saturated rings. The van der Waals surface area contributed by atoms with Gasteiger partial charge in [-0.1, -0.05) is 61.5 Å². The van der Waals surface area contributed by atoms with Gasteiger partial charge in [-0.3, -0.25) is 19.5 Å². The van der Waals surface area contributed by atoms with Gasteiger partial charge in [-0.25, -0.2) is 0 Å². The van der Waals surface area contributed by atoms with Gasteiger partial charge in [0.2, 0.25) is 5.91 Å². The molecule has 3 aromatic carbocycles. The summed E-state index contributed by atoms with van der Waals surface area (Å²) >= 11 is 0. The molecule has 0 bridgehead atoms. The molecule has 2 amide bonds. The lowest BCUT2D eigenvalue weighted by atomic mass is 10.0. The van der Waals surface area contributed by atoms with Gasteiger partial charge in [-0.05, 0) is 61.0 Å². The number of carbonyl (C=O) groups is 2. The van der Waals surface area contributed by atoms with E-state index in [0.29, 0.717) is 35.7 Å². The molecule has 8 nitrogen and oxygen atoms in total. The standard InChI is InChI=1S/C36H40N4O4/c1-25-21-40(26(2)24-41)35(42)20-31-19-32(38-36(43)30-15-17-37-18-16-30)13-14-33(31)44-34(25)23-39(3)22-27-9-11-29(12-10-27)28-7-5-4-6-8-28/h4-19,25-26,34,41H,20-24H2,1-3H3,(H,38,43)/t25-,26+,34-/m1/s1. The van der Waals surface area contributed by atoms with Gasteiger partial charge in [-0.2, -0.15) is 0 Å². The van der Waals surface area contributed by atoms with Crippen molar-refractivity contribution >= 4 is 17.5 Å². The number of rotatable bonds is 9. The topological polar surface area (TPSA) is 95.0 Å². The van der Waals surface area contributed by atoms with E-state index in [1.165, 1.54) is 16.7 Å². The Labute approximate surface area is 259 Å². The Hall–Kier alpha value is -4.53. The largest absolute Gasteiger partial charge is 0.488 e. The van der Waals surface area contributed by atoms with Crippen LogP contribution in [0.2, 0.25) is 0 Å². The molecule has 2 heterocycles. The number of hydrogen-bond donors (Lipinski definition) is 2. The van der Waals surface area contributed by atoms with Gasteiger partial charge in [0.25, 0.3) is 5.91 Å². The predicted molar refractivity (Wildman–Crippen MR) is 172 cm³/mol. The van der Waals surface area contributed by atoms with Gasteiger partial charge in [0, 0.05) is 54.8 Å². The van der Waals surface area contributed by atoms with E-state index in [1.54, 1.807) is 41.6 Å². The lowest BCUT2D eigenvalue weighted by Gasteiger charge is -2.34. The monoisotopic (exact) mass is 592 g/mol. The molecule has 1 aromatic heterocycles. The first kappa shape index (κ1) is 30.9. The number of nitrogens with one attached hydrogen (secondary N) is 1. The Morgan fingerprint density at radius 2 is 1.75 bits per heavy atom. The van der Waals surface area contributed by atoms with E-state index in [1.807, 2.05) is 31.2 Å². The zero-order valence-electron chi connectivity index (χ0n) is 25.5. The fraction of sp³-hybridized carbons (Fsp3) is 0.306. The molecule has 0 radical (unpaired) electrons. The summed E-state index contributed by atoms with van der Waals surface area (Å²) in [4.78, 5) is 34.3. The van der Waals surface area contributed by atoms with E-state index in [2.05, 4.69) is 65.6 Å². The summed E-state index contributed by atoms with van der Waals surface area (Å²) in [6, 6.07) is 27.3. The van der Waals surface area contributed by atoms with Crippen LogP contribution in [0.4, 0.5) is 5.69 Å². The molecule has 0 saturated heterocycles. The molecule has 1 aliphatic heterocycles. The van der Waals surface area contributed by atoms with Crippen molar-refractivity contribution in [2.24, 2.45) is 5.92 Å². The van der Waals surface area contributed by atoms with Gasteiger partial charge in [0.15, 0.2) is 0 Å². The van der Waals surface area contributed by atoms with Crippen molar-refractivity contribution in [2.75, 3.05) is 32.1 Å². The summed E-state index contributed by atoms with van der Waals surface area (Å²) in [5.41, 5.74) is 5.32. The first-order chi connectivity index (χ1) is 21.3. The van der Waals surface area contributed by atoms with Crippen LogP contribution >= 0.6 is 0 Å². The molecular weight excluding hydrogens is 552 g/mol. The summed E-state index contributed by atoms with van der Waals surface area (Å²) in [6.07, 6.45) is 3.02. The maximum absolute atomic E-state index is 13.5. The van der Waals surface area contributed by atoms with Crippen LogP contribution in [0.15, 0.2) is 97.3 Å². The molecule has 0 aliphatic carbocycles. The summed E-state index contributed by atoms with van der Waals surface area (Å²) in [7, 11) is 2.08. The lowest BCUT2D eigenvalue weighted by Crippen LogP contribution is -2.47. The number of benzene rings is 3. The summed E-state index contributed by atoms with van der Waals surface area (Å²) in [6.45, 7) is 5.66. The number of fused-ring (bicyclic) bond motifs is 1. The Morgan fingerprint density at radius 1 is 1.05 bits per heavy atom. The highest BCUT2D eigenvalue weighted by atomic mass is 16.5. The third-order valence-electron chi connectivity index (χ3n) is 8.12. The highest BCUT2D eigenvalue weighted by molar-refractivity contribution is 6.04. The van der Waals surface area contributed by atoms with E-state index in [0.717, 1.165) is 6.54 Å². The second kappa shape index (κ2) is 14.3. The van der Waals surface area contributed by atoms with Crippen LogP contribution in [-0.2, 0) is 17.8 Å². The van der Waals surface area contributed by atoms with Gasteiger partial charge in [-0.15, -0.1) is 0 Å². The van der Waals surface area contributed by atoms with Crippen molar-refractivity contribution in [3.05, 3.63) is 114 Å². The minimum absolute atomic E-state index is 0.00660. The van der Waals surface area contributed by atoms with Crippen LogP contribution in [0.25, 0.3) is 11.1 Å². The molecule has 1 aliphatic rings. The normalized spacial score (nSPS) is 17.6. The van der Waals surface area contributed by atoms with Crippen molar-refractivity contribution in [3.8, 4) is 16.9 Å². The third kappa shape index (κ3) is 7.70. The second-order valence-corrected chi connectivity index (χ2v) is 11.7. The number of hydrogen-bond acceptors (Lipinski definition) is 6. The number of aliphatic hydroxyl groups is 1. The van der Waals surface area contributed by atoms with E-state index in [9.17, 15) is 14.7 Å². The molecule has 44 heavy (non-hydrogen) atoms. The van der Waals surface area contributed by atoms with Gasteiger partial charge in [0.05, 0.1) is 19.1 Å². The van der Waals surface area contributed by atoms with Crippen LogP contribution < -0.4 is 10.1 Å². The molecule has 4 aromatic rings. The SMILES string of the molecule is C[C@@H]1CN([C@@H](C)CO)C(=O)Cc2cc(NC(=O)c3ccncc3)ccc2O[C@@H]1CN(C)Cc1ccc(-c2ccccc2)cc1. The van der Waals surface area contributed by atoms with E-state index >= 15 is 0 Å². The maximum atomic E-state index is 13.5. The minimum Gasteiger partial charge on any atom is -0.488 e. The molecule has 0 unspecified atom stereocenters. The van der Waals surface area contributed by atoms with Crippen LogP contribution in [0.5, 0.6) is 5.75 Å². The number of anilines is 1. The highest BCUT2D eigenvalue weighted by Gasteiger charge is 2.31. The van der Waals surface area contributed by atoms with Crippen molar-refractivity contribution < 1.29 is 19.4 Å². The molecule has 2 N–H and O–H groups in total. The van der Waals surface area contributed by atoms with E-state index in [4.69, 9.17) is 4.74 Å². The lowest BCUT2D eigenvalue weighted by molar-refractivity contribution is -0.134. The molecule has 8 heteroatoms. The highest BCUT2D eigenvalue weighted by Crippen LogP contribution is 2.30. The summed E-state index contributed by atoms with van der Waals surface area (Å²) < 4.78 is 6.67. The number of pyridine rings is 1. The second-order valence-electron chi connectivity index (χ2n) is 11.7. The van der Waals surface area contributed by atoms with Crippen molar-refractivity contribution in [2.45, 2.75) is 39.0 Å². The van der Waals surface area contributed by atoms with Crippen LogP contribution in [0.3, 0.4) is 0 Å². The zero-order chi connectivity index (χ0) is 31.1. The number of amides is 2. The van der Waals surface area contributed by atoms with Crippen LogP contribution in [0, 0.1) is 5.92 Å². The van der Waals surface area contributed by atoms with Gasteiger partial charge >= 0.3 is 0 Å². The van der Waals surface area contributed by atoms with E-state index in [-0.39, 0.29) is 42.9 Å². The Kier molecular flexibility index (Phi) is 10.0. The van der Waals surface area contributed by atoms with Crippen LogP contribution in [0.1, 0.15) is 35.3 Å². The smallest absolute Gasteiger partial charge is 0.255 e. The number of aromatic nitrogens is 1. The molecule has 0 saturated carbocycles. The Bertz CT molecular complexity index is 1550. The summed E-state index contributed by atoms with van der Waals surface area (Å²) in [5.74, 6) is 0.264. The third-order valence-corrected chi connectivity index (χ3v) is 8.12. The van der Waals surface area contributed by atoms with Crippen molar-refractivity contribution in [1.29, 1.82) is 0 Å². The van der Waals surface area contributed by atoms with Crippen molar-refractivity contribution in [3.63, 3.8) is 0 Å². The predicted octanol–water partition coefficient (Wildman–Crippen LogP) is 5.28. The average Bonchev–Trinajstić information content (AvgIpc) is 3.09. The minimum atomic E-state index is -0.331. The molecule has 3 atom stereocenters. The molecular formula is C36H40N4O4. The number of likely N-dealkylation sites (N-methyl/N-ethyl adjacent to an activating group) is 1. The Balaban J connectivity index is 1.35. The zero-order valence-corrected chi connectivity index (χ0v) is 25.5. The summed E-state index contributed by atoms with van der Waals surface area (Å²) in [5, 5.41) is 12.9. The number of nitrogens with zero attached hydrogens (tertiary/aromatic N) is 3. The molecule has 5 rings (SSSR count). The quantitative estimate of drug-likeness (QED) is 0.275. The van der Waals surface area contributed by atoms with E-state index < -0.39 is 0 Å². The average molecular weight is 593 g/mol. The van der Waals surface area contributed by atoms with Gasteiger partial charge in [0.1, 0.15) is 11.9 Å². The van der Waals surface area contributed by atoms with Crippen molar-refractivity contribution in [1.82, 2.24) is 14.8 Å². The van der Waals surface area contributed by atoms with Crippen LogP contribution in [-0.4, -0.2) is 70.6 Å². The first-order valence-electron chi connectivity index (χ1n) is 15.0. The number of carbonyl (C=O) groups excluding carboxylic acids is 2.